The molecule has 0 atom stereocenters. The zero-order valence-corrected chi connectivity index (χ0v) is 11.4. The molecule has 0 aliphatic heterocycles. The minimum absolute atomic E-state index is 0.764. The molecular weight excluding hydrogens is 250 g/mol. The van der Waals surface area contributed by atoms with Gasteiger partial charge in [-0.1, -0.05) is 24.6 Å². The van der Waals surface area contributed by atoms with Crippen LogP contribution in [0.15, 0.2) is 30.6 Å². The van der Waals surface area contributed by atoms with Crippen LogP contribution in [-0.4, -0.2) is 28.0 Å². The van der Waals surface area contributed by atoms with Crippen molar-refractivity contribution in [1.29, 1.82) is 0 Å². The van der Waals surface area contributed by atoms with Crippen LogP contribution in [0.25, 0.3) is 21.9 Å². The van der Waals surface area contributed by atoms with Crippen LogP contribution < -0.4 is 11.1 Å². The predicted molar refractivity (Wildman–Crippen MR) is 82.8 cm³/mol. The number of rotatable bonds is 6. The van der Waals surface area contributed by atoms with Crippen molar-refractivity contribution in [2.24, 2.45) is 5.73 Å². The summed E-state index contributed by atoms with van der Waals surface area (Å²) in [6.45, 7) is 1.67. The fraction of sp³-hybridized carbons (Fsp3) is 0.333. The second-order valence-electron chi connectivity index (χ2n) is 4.89. The van der Waals surface area contributed by atoms with E-state index in [-0.39, 0.29) is 0 Å². The highest BCUT2D eigenvalue weighted by molar-refractivity contribution is 6.10. The van der Waals surface area contributed by atoms with E-state index in [1.807, 2.05) is 12.1 Å². The second kappa shape index (κ2) is 5.88. The van der Waals surface area contributed by atoms with E-state index in [1.54, 1.807) is 6.33 Å². The number of para-hydroxylation sites is 1. The van der Waals surface area contributed by atoms with Crippen LogP contribution in [0.1, 0.15) is 19.3 Å². The molecule has 0 spiro atoms. The monoisotopic (exact) mass is 269 g/mol. The molecule has 3 rings (SSSR count). The maximum absolute atomic E-state index is 5.50. The van der Waals surface area contributed by atoms with E-state index in [1.165, 1.54) is 0 Å². The maximum atomic E-state index is 5.50. The first-order chi connectivity index (χ1) is 9.90. The lowest BCUT2D eigenvalue weighted by molar-refractivity contribution is 0.706. The van der Waals surface area contributed by atoms with Crippen molar-refractivity contribution in [1.82, 2.24) is 15.0 Å². The Bertz CT molecular complexity index is 704. The number of unbranched alkanes of at least 4 members (excludes halogenated alkanes) is 2. The first kappa shape index (κ1) is 12.9. The molecule has 0 saturated carbocycles. The summed E-state index contributed by atoms with van der Waals surface area (Å²) >= 11 is 0. The smallest absolute Gasteiger partial charge is 0.143 e. The highest BCUT2D eigenvalue weighted by Crippen LogP contribution is 2.28. The lowest BCUT2D eigenvalue weighted by Gasteiger charge is -2.06. The lowest BCUT2D eigenvalue weighted by Crippen LogP contribution is -2.05. The van der Waals surface area contributed by atoms with E-state index in [0.29, 0.717) is 0 Å². The molecular formula is C15H19N5. The van der Waals surface area contributed by atoms with Gasteiger partial charge in [0.15, 0.2) is 0 Å². The first-order valence-corrected chi connectivity index (χ1v) is 7.05. The maximum Gasteiger partial charge on any atom is 0.143 e. The van der Waals surface area contributed by atoms with Gasteiger partial charge in [0.05, 0.1) is 5.39 Å². The van der Waals surface area contributed by atoms with E-state index < -0.39 is 0 Å². The molecule has 20 heavy (non-hydrogen) atoms. The highest BCUT2D eigenvalue weighted by Gasteiger charge is 2.09. The summed E-state index contributed by atoms with van der Waals surface area (Å²) < 4.78 is 0. The van der Waals surface area contributed by atoms with Gasteiger partial charge in [0, 0.05) is 17.4 Å². The lowest BCUT2D eigenvalue weighted by atomic mass is 10.2. The van der Waals surface area contributed by atoms with Gasteiger partial charge in [0.1, 0.15) is 17.8 Å². The van der Waals surface area contributed by atoms with Gasteiger partial charge < -0.3 is 16.0 Å². The number of anilines is 1. The number of hydrogen-bond acceptors (Lipinski definition) is 4. The van der Waals surface area contributed by atoms with Crippen molar-refractivity contribution in [3.8, 4) is 0 Å². The molecule has 0 radical (unpaired) electrons. The summed E-state index contributed by atoms with van der Waals surface area (Å²) in [6.07, 6.45) is 4.92. The second-order valence-corrected chi connectivity index (χ2v) is 4.89. The Morgan fingerprint density at radius 3 is 2.90 bits per heavy atom. The van der Waals surface area contributed by atoms with Crippen LogP contribution >= 0.6 is 0 Å². The Balaban J connectivity index is 1.86. The van der Waals surface area contributed by atoms with E-state index in [2.05, 4.69) is 32.4 Å². The van der Waals surface area contributed by atoms with Crippen LogP contribution in [0.5, 0.6) is 0 Å². The molecule has 104 valence electrons. The number of H-pyrrole nitrogens is 1. The summed E-state index contributed by atoms with van der Waals surface area (Å²) in [5.41, 5.74) is 7.47. The third kappa shape index (κ3) is 2.44. The number of aromatic nitrogens is 3. The number of nitrogens with one attached hydrogen (secondary N) is 2. The molecule has 0 fully saturated rings. The van der Waals surface area contributed by atoms with Gasteiger partial charge in [-0.25, -0.2) is 9.97 Å². The van der Waals surface area contributed by atoms with Gasteiger partial charge in [-0.15, -0.1) is 0 Å². The molecule has 0 aliphatic carbocycles. The third-order valence-electron chi connectivity index (χ3n) is 3.47. The summed E-state index contributed by atoms with van der Waals surface area (Å²) in [5, 5.41) is 5.64. The summed E-state index contributed by atoms with van der Waals surface area (Å²) in [5.74, 6) is 0.903. The molecule has 0 saturated heterocycles. The van der Waals surface area contributed by atoms with E-state index in [0.717, 1.165) is 60.1 Å². The van der Waals surface area contributed by atoms with Crippen LogP contribution in [0.2, 0.25) is 0 Å². The standard InChI is InChI=1S/C15H19N5/c16-8-4-1-5-9-17-14-13-11-6-2-3-7-12(11)20-15(13)19-10-18-14/h2-3,6-7,10H,1,4-5,8-9,16H2,(H2,17,18,19,20). The predicted octanol–water partition coefficient (Wildman–Crippen LogP) is 2.65. The van der Waals surface area contributed by atoms with Crippen molar-refractivity contribution in [3.05, 3.63) is 30.6 Å². The fourth-order valence-corrected chi connectivity index (χ4v) is 2.46. The van der Waals surface area contributed by atoms with Crippen LogP contribution in [0.3, 0.4) is 0 Å². The minimum atomic E-state index is 0.764. The first-order valence-electron chi connectivity index (χ1n) is 7.05. The average molecular weight is 269 g/mol. The molecule has 0 unspecified atom stereocenters. The highest BCUT2D eigenvalue weighted by atomic mass is 15.0. The molecule has 2 heterocycles. The molecule has 3 aromatic rings. The van der Waals surface area contributed by atoms with Crippen molar-refractivity contribution in [3.63, 3.8) is 0 Å². The molecule has 2 aromatic heterocycles. The largest absolute Gasteiger partial charge is 0.369 e. The fourth-order valence-electron chi connectivity index (χ4n) is 2.46. The number of nitrogens with two attached hydrogens (primary N) is 1. The van der Waals surface area contributed by atoms with E-state index in [9.17, 15) is 0 Å². The van der Waals surface area contributed by atoms with Gasteiger partial charge >= 0.3 is 0 Å². The van der Waals surface area contributed by atoms with Crippen LogP contribution in [0.4, 0.5) is 5.82 Å². The van der Waals surface area contributed by atoms with Crippen LogP contribution in [-0.2, 0) is 0 Å². The van der Waals surface area contributed by atoms with E-state index in [4.69, 9.17) is 5.73 Å². The Morgan fingerprint density at radius 2 is 2.00 bits per heavy atom. The number of nitrogens with zero attached hydrogens (tertiary/aromatic N) is 2. The molecule has 1 aromatic carbocycles. The third-order valence-corrected chi connectivity index (χ3v) is 3.47. The zero-order valence-electron chi connectivity index (χ0n) is 11.4. The Labute approximate surface area is 117 Å². The Hall–Kier alpha value is -2.14. The van der Waals surface area contributed by atoms with E-state index >= 15 is 0 Å². The Kier molecular flexibility index (Phi) is 3.78. The van der Waals surface area contributed by atoms with Crippen molar-refractivity contribution >= 4 is 27.8 Å². The van der Waals surface area contributed by atoms with Gasteiger partial charge in [0.2, 0.25) is 0 Å². The van der Waals surface area contributed by atoms with Gasteiger partial charge in [0.25, 0.3) is 0 Å². The Morgan fingerprint density at radius 1 is 1.10 bits per heavy atom. The van der Waals surface area contributed by atoms with Gasteiger partial charge in [-0.05, 0) is 25.5 Å². The number of benzene rings is 1. The summed E-state index contributed by atoms with van der Waals surface area (Å²) in [7, 11) is 0. The van der Waals surface area contributed by atoms with Crippen molar-refractivity contribution in [2.75, 3.05) is 18.4 Å². The molecule has 0 aliphatic rings. The number of hydrogen-bond donors (Lipinski definition) is 3. The molecule has 5 nitrogen and oxygen atoms in total. The summed E-state index contributed by atoms with van der Waals surface area (Å²) in [6, 6.07) is 8.21. The van der Waals surface area contributed by atoms with Crippen LogP contribution in [0, 0.1) is 0 Å². The number of aromatic amines is 1. The van der Waals surface area contributed by atoms with Crippen molar-refractivity contribution in [2.45, 2.75) is 19.3 Å². The molecule has 0 amide bonds. The SMILES string of the molecule is NCCCCCNc1ncnc2[nH]c3ccccc3c12. The normalized spacial score (nSPS) is 11.2. The minimum Gasteiger partial charge on any atom is -0.369 e. The quantitative estimate of drug-likeness (QED) is 0.601. The topological polar surface area (TPSA) is 79.6 Å². The summed E-state index contributed by atoms with van der Waals surface area (Å²) in [4.78, 5) is 12.0. The van der Waals surface area contributed by atoms with Gasteiger partial charge in [-0.2, -0.15) is 0 Å². The average Bonchev–Trinajstić information content (AvgIpc) is 2.86. The molecule has 4 N–H and O–H groups in total. The molecule has 5 heteroatoms. The molecule has 0 bridgehead atoms. The zero-order chi connectivity index (χ0) is 13.8. The van der Waals surface area contributed by atoms with Gasteiger partial charge in [-0.3, -0.25) is 0 Å². The number of fused-ring (bicyclic) bond motifs is 3. The van der Waals surface area contributed by atoms with Crippen molar-refractivity contribution < 1.29 is 0 Å².